The number of benzene rings is 2. The number of rotatable bonds is 5. The summed E-state index contributed by atoms with van der Waals surface area (Å²) in [5.74, 6) is -0.153. The van der Waals surface area contributed by atoms with Crippen LogP contribution in [0.25, 0.3) is 16.2 Å². The molecule has 156 valence electrons. The second-order valence-corrected chi connectivity index (χ2v) is 7.50. The van der Waals surface area contributed by atoms with Gasteiger partial charge in [0.2, 0.25) is 5.91 Å². The summed E-state index contributed by atoms with van der Waals surface area (Å²) in [6.45, 7) is 1.40. The summed E-state index contributed by atoms with van der Waals surface area (Å²) in [5, 5.41) is 7.15. The van der Waals surface area contributed by atoms with Crippen LogP contribution in [0.1, 0.15) is 17.3 Å². The summed E-state index contributed by atoms with van der Waals surface area (Å²) in [4.78, 5) is 42.0. The number of nitrogens with zero attached hydrogens (tertiary/aromatic N) is 2. The molecule has 0 bridgehead atoms. The lowest BCUT2D eigenvalue weighted by atomic mass is 10.1. The van der Waals surface area contributed by atoms with Gasteiger partial charge < -0.3 is 15.4 Å². The second kappa shape index (κ2) is 8.41. The van der Waals surface area contributed by atoms with E-state index in [0.717, 1.165) is 5.56 Å². The lowest BCUT2D eigenvalue weighted by Crippen LogP contribution is -2.26. The molecule has 0 aliphatic heterocycles. The molecule has 2 aromatic heterocycles. The number of fused-ring (bicyclic) bond motifs is 1. The zero-order valence-electron chi connectivity index (χ0n) is 16.7. The number of methoxy groups -OCH3 is 1. The van der Waals surface area contributed by atoms with Gasteiger partial charge in [-0.25, -0.2) is 4.98 Å². The zero-order valence-corrected chi connectivity index (χ0v) is 17.5. The van der Waals surface area contributed by atoms with E-state index in [9.17, 15) is 14.4 Å². The minimum atomic E-state index is -0.588. The fraction of sp³-hybridized carbons (Fsp3) is 0.0909. The number of nitrogens with one attached hydrogen (secondary N) is 2. The molecular weight excluding hydrogens is 416 g/mol. The van der Waals surface area contributed by atoms with Crippen LogP contribution in [0.2, 0.25) is 0 Å². The summed E-state index contributed by atoms with van der Waals surface area (Å²) < 4.78 is 6.69. The number of carbonyl (C=O) groups excluding carboxylic acids is 2. The van der Waals surface area contributed by atoms with Crippen LogP contribution in [-0.2, 0) is 4.79 Å². The molecule has 0 saturated carbocycles. The molecule has 4 aromatic rings. The number of hydrogen-bond donors (Lipinski definition) is 2. The average molecular weight is 434 g/mol. The minimum Gasteiger partial charge on any atom is -0.497 e. The molecule has 2 amide bonds. The van der Waals surface area contributed by atoms with Gasteiger partial charge in [0.15, 0.2) is 4.96 Å². The Morgan fingerprint density at radius 1 is 1.06 bits per heavy atom. The van der Waals surface area contributed by atoms with Crippen molar-refractivity contribution < 1.29 is 14.3 Å². The molecule has 2 heterocycles. The van der Waals surface area contributed by atoms with Gasteiger partial charge in [0, 0.05) is 35.4 Å². The quantitative estimate of drug-likeness (QED) is 0.499. The maximum atomic E-state index is 13.2. The highest BCUT2D eigenvalue weighted by Crippen LogP contribution is 2.27. The fourth-order valence-corrected chi connectivity index (χ4v) is 3.97. The van der Waals surface area contributed by atoms with Gasteiger partial charge in [-0.05, 0) is 30.3 Å². The van der Waals surface area contributed by atoms with E-state index in [-0.39, 0.29) is 11.5 Å². The molecular formula is C22H18N4O4S. The number of ether oxygens (including phenoxy) is 1. The predicted octanol–water partition coefficient (Wildman–Crippen LogP) is 3.64. The second-order valence-electron chi connectivity index (χ2n) is 6.66. The Balaban J connectivity index is 1.70. The van der Waals surface area contributed by atoms with Crippen molar-refractivity contribution in [2.24, 2.45) is 0 Å². The van der Waals surface area contributed by atoms with Gasteiger partial charge in [0.05, 0.1) is 12.8 Å². The van der Waals surface area contributed by atoms with Crippen molar-refractivity contribution >= 4 is 39.5 Å². The minimum absolute atomic E-state index is 0.0926. The van der Waals surface area contributed by atoms with Gasteiger partial charge in [-0.2, -0.15) is 0 Å². The van der Waals surface area contributed by atoms with E-state index in [1.165, 1.54) is 28.9 Å². The highest BCUT2D eigenvalue weighted by atomic mass is 32.1. The van der Waals surface area contributed by atoms with Gasteiger partial charge in [0.25, 0.3) is 11.5 Å². The Bertz CT molecular complexity index is 1360. The Labute approximate surface area is 181 Å². The lowest BCUT2D eigenvalue weighted by molar-refractivity contribution is -0.114. The number of carbonyl (C=O) groups is 2. The normalized spacial score (nSPS) is 10.6. The number of anilines is 2. The van der Waals surface area contributed by atoms with Gasteiger partial charge in [0.1, 0.15) is 11.3 Å². The molecule has 0 saturated heterocycles. The Morgan fingerprint density at radius 2 is 1.81 bits per heavy atom. The molecule has 4 rings (SSSR count). The first kappa shape index (κ1) is 20.3. The number of thiazole rings is 1. The molecule has 8 nitrogen and oxygen atoms in total. The van der Waals surface area contributed by atoms with Crippen LogP contribution in [0.4, 0.5) is 11.4 Å². The SMILES string of the molecule is COc1cccc(-c2csc3ncc(C(=O)Nc4cccc(NC(C)=O)c4)c(=O)n23)c1. The van der Waals surface area contributed by atoms with Crippen molar-refractivity contribution in [2.45, 2.75) is 6.92 Å². The standard InChI is InChI=1S/C22H18N4O4S/c1-13(27)24-15-6-4-7-16(10-15)25-20(28)18-11-23-22-26(21(18)29)19(12-31-22)14-5-3-8-17(9-14)30-2/h3-12H,1-2H3,(H,24,27)(H,25,28). The Hall–Kier alpha value is -3.98. The number of aromatic nitrogens is 2. The van der Waals surface area contributed by atoms with Gasteiger partial charge in [-0.15, -0.1) is 11.3 Å². The molecule has 0 aliphatic carbocycles. The predicted molar refractivity (Wildman–Crippen MR) is 120 cm³/mol. The van der Waals surface area contributed by atoms with E-state index in [4.69, 9.17) is 4.74 Å². The first-order valence-electron chi connectivity index (χ1n) is 9.29. The smallest absolute Gasteiger partial charge is 0.271 e. The molecule has 0 radical (unpaired) electrons. The van der Waals surface area contributed by atoms with Crippen LogP contribution in [0.15, 0.2) is 64.9 Å². The first-order valence-corrected chi connectivity index (χ1v) is 10.2. The Kier molecular flexibility index (Phi) is 5.50. The fourth-order valence-electron chi connectivity index (χ4n) is 3.11. The maximum absolute atomic E-state index is 13.2. The molecule has 9 heteroatoms. The zero-order chi connectivity index (χ0) is 22.0. The van der Waals surface area contributed by atoms with Gasteiger partial charge in [-0.1, -0.05) is 18.2 Å². The summed E-state index contributed by atoms with van der Waals surface area (Å²) in [7, 11) is 1.57. The number of amides is 2. The highest BCUT2D eigenvalue weighted by molar-refractivity contribution is 7.15. The molecule has 2 N–H and O–H groups in total. The van der Waals surface area contributed by atoms with E-state index in [0.29, 0.717) is 27.8 Å². The summed E-state index contributed by atoms with van der Waals surface area (Å²) in [6, 6.07) is 14.0. The summed E-state index contributed by atoms with van der Waals surface area (Å²) in [5.41, 5.74) is 1.81. The van der Waals surface area contributed by atoms with Crippen molar-refractivity contribution in [2.75, 3.05) is 17.7 Å². The molecule has 0 atom stereocenters. The van der Waals surface area contributed by atoms with Crippen LogP contribution in [-0.4, -0.2) is 28.3 Å². The van der Waals surface area contributed by atoms with Crippen LogP contribution >= 0.6 is 11.3 Å². The molecule has 0 spiro atoms. The third-order valence-corrected chi connectivity index (χ3v) is 5.34. The van der Waals surface area contributed by atoms with Crippen molar-refractivity contribution in [3.05, 3.63) is 76.0 Å². The molecule has 0 unspecified atom stereocenters. The van der Waals surface area contributed by atoms with Crippen molar-refractivity contribution in [3.8, 4) is 17.0 Å². The molecule has 2 aromatic carbocycles. The van der Waals surface area contributed by atoms with E-state index in [2.05, 4.69) is 15.6 Å². The monoisotopic (exact) mass is 434 g/mol. The van der Waals surface area contributed by atoms with Crippen LogP contribution < -0.4 is 20.9 Å². The van der Waals surface area contributed by atoms with Crippen molar-refractivity contribution in [1.29, 1.82) is 0 Å². The van der Waals surface area contributed by atoms with E-state index in [1.54, 1.807) is 31.4 Å². The summed E-state index contributed by atoms with van der Waals surface area (Å²) >= 11 is 1.31. The van der Waals surface area contributed by atoms with Crippen molar-refractivity contribution in [1.82, 2.24) is 9.38 Å². The Morgan fingerprint density at radius 3 is 2.55 bits per heavy atom. The highest BCUT2D eigenvalue weighted by Gasteiger charge is 2.17. The largest absolute Gasteiger partial charge is 0.497 e. The summed E-state index contributed by atoms with van der Waals surface area (Å²) in [6.07, 6.45) is 1.27. The molecule has 0 fully saturated rings. The van der Waals surface area contributed by atoms with E-state index < -0.39 is 11.5 Å². The van der Waals surface area contributed by atoms with Crippen LogP contribution in [0, 0.1) is 0 Å². The van der Waals surface area contributed by atoms with E-state index in [1.807, 2.05) is 29.6 Å². The topological polar surface area (TPSA) is 102 Å². The average Bonchev–Trinajstić information content (AvgIpc) is 3.19. The first-order chi connectivity index (χ1) is 15.0. The maximum Gasteiger partial charge on any atom is 0.271 e. The third kappa shape index (κ3) is 4.17. The lowest BCUT2D eigenvalue weighted by Gasteiger charge is -2.08. The van der Waals surface area contributed by atoms with Crippen molar-refractivity contribution in [3.63, 3.8) is 0 Å². The molecule has 31 heavy (non-hydrogen) atoms. The van der Waals surface area contributed by atoms with Gasteiger partial charge >= 0.3 is 0 Å². The molecule has 0 aliphatic rings. The third-order valence-electron chi connectivity index (χ3n) is 4.50. The van der Waals surface area contributed by atoms with Gasteiger partial charge in [-0.3, -0.25) is 18.8 Å². The van der Waals surface area contributed by atoms with E-state index >= 15 is 0 Å². The number of hydrogen-bond acceptors (Lipinski definition) is 6. The van der Waals surface area contributed by atoms with Crippen LogP contribution in [0.3, 0.4) is 0 Å². The van der Waals surface area contributed by atoms with Crippen LogP contribution in [0.5, 0.6) is 5.75 Å².